The SMILES string of the molecule is NC1CCN(C(O)C(F)(F)F)CC1. The molecule has 3 N–H and O–H groups in total. The smallest absolute Gasteiger partial charge is 0.370 e. The summed E-state index contributed by atoms with van der Waals surface area (Å²) in [5.41, 5.74) is 5.52. The van der Waals surface area contributed by atoms with Crippen molar-refractivity contribution in [3.63, 3.8) is 0 Å². The topological polar surface area (TPSA) is 49.5 Å². The van der Waals surface area contributed by atoms with Crippen molar-refractivity contribution < 1.29 is 18.3 Å². The lowest BCUT2D eigenvalue weighted by Gasteiger charge is -2.34. The highest BCUT2D eigenvalue weighted by Crippen LogP contribution is 2.24. The highest BCUT2D eigenvalue weighted by Gasteiger charge is 2.42. The largest absolute Gasteiger partial charge is 0.428 e. The van der Waals surface area contributed by atoms with Crippen molar-refractivity contribution in [1.29, 1.82) is 0 Å². The van der Waals surface area contributed by atoms with Gasteiger partial charge in [-0.05, 0) is 12.8 Å². The van der Waals surface area contributed by atoms with E-state index in [0.717, 1.165) is 4.90 Å². The van der Waals surface area contributed by atoms with Crippen molar-refractivity contribution in [2.75, 3.05) is 13.1 Å². The summed E-state index contributed by atoms with van der Waals surface area (Å²) in [6.45, 7) is 0.420. The van der Waals surface area contributed by atoms with Crippen LogP contribution in [0.2, 0.25) is 0 Å². The maximum atomic E-state index is 12.0. The van der Waals surface area contributed by atoms with Gasteiger partial charge in [0, 0.05) is 19.1 Å². The quantitative estimate of drug-likeness (QED) is 0.636. The lowest BCUT2D eigenvalue weighted by molar-refractivity contribution is -0.252. The highest BCUT2D eigenvalue weighted by molar-refractivity contribution is 4.78. The van der Waals surface area contributed by atoms with Gasteiger partial charge in [-0.15, -0.1) is 0 Å². The van der Waals surface area contributed by atoms with Crippen LogP contribution in [0.15, 0.2) is 0 Å². The number of hydrogen-bond donors (Lipinski definition) is 2. The number of likely N-dealkylation sites (tertiary alicyclic amines) is 1. The minimum absolute atomic E-state index is 0.0308. The van der Waals surface area contributed by atoms with Gasteiger partial charge in [0.1, 0.15) is 0 Å². The fourth-order valence-corrected chi connectivity index (χ4v) is 1.37. The first kappa shape index (κ1) is 10.7. The number of piperidine rings is 1. The second-order valence-corrected chi connectivity index (χ2v) is 3.29. The van der Waals surface area contributed by atoms with Crippen LogP contribution >= 0.6 is 0 Å². The number of aliphatic hydroxyl groups excluding tert-OH is 1. The molecule has 0 bridgehead atoms. The maximum absolute atomic E-state index is 12.0. The zero-order valence-corrected chi connectivity index (χ0v) is 7.09. The number of nitrogens with two attached hydrogens (primary N) is 1. The summed E-state index contributed by atoms with van der Waals surface area (Å²) in [5.74, 6) is 0. The van der Waals surface area contributed by atoms with E-state index in [1.54, 1.807) is 0 Å². The Bertz CT molecular complexity index is 166. The van der Waals surface area contributed by atoms with Gasteiger partial charge in [-0.2, -0.15) is 13.2 Å². The summed E-state index contributed by atoms with van der Waals surface area (Å²) in [6, 6.07) is -0.0308. The Morgan fingerprint density at radius 1 is 1.31 bits per heavy atom. The lowest BCUT2D eigenvalue weighted by Crippen LogP contribution is -2.51. The molecule has 1 fully saturated rings. The normalized spacial score (nSPS) is 24.7. The first-order chi connectivity index (χ1) is 5.91. The van der Waals surface area contributed by atoms with Crippen molar-refractivity contribution in [2.45, 2.75) is 31.3 Å². The standard InChI is InChI=1S/C7H13F3N2O/c8-7(9,10)6(13)12-3-1-5(11)2-4-12/h5-6,13H,1-4,11H2. The number of hydrogen-bond acceptors (Lipinski definition) is 3. The van der Waals surface area contributed by atoms with Gasteiger partial charge in [-0.3, -0.25) is 4.90 Å². The van der Waals surface area contributed by atoms with E-state index in [0.29, 0.717) is 12.8 Å². The molecule has 1 atom stereocenters. The van der Waals surface area contributed by atoms with Crippen LogP contribution < -0.4 is 5.73 Å². The van der Waals surface area contributed by atoms with E-state index in [-0.39, 0.29) is 19.1 Å². The molecule has 0 aliphatic carbocycles. The summed E-state index contributed by atoms with van der Waals surface area (Å²) in [4.78, 5) is 1.00. The van der Waals surface area contributed by atoms with E-state index in [4.69, 9.17) is 10.8 Å². The molecule has 78 valence electrons. The van der Waals surface area contributed by atoms with Gasteiger partial charge in [-0.1, -0.05) is 0 Å². The van der Waals surface area contributed by atoms with Gasteiger partial charge in [0.25, 0.3) is 0 Å². The predicted octanol–water partition coefficient (Wildman–Crippen LogP) is 0.290. The third-order valence-electron chi connectivity index (χ3n) is 2.21. The Labute approximate surface area is 74.3 Å². The number of halogens is 3. The lowest BCUT2D eigenvalue weighted by atomic mass is 10.1. The van der Waals surface area contributed by atoms with Gasteiger partial charge in [0.15, 0.2) is 0 Å². The minimum Gasteiger partial charge on any atom is -0.370 e. The number of nitrogens with zero attached hydrogens (tertiary/aromatic N) is 1. The molecule has 0 aromatic rings. The molecule has 6 heteroatoms. The zero-order chi connectivity index (χ0) is 10.1. The Morgan fingerprint density at radius 3 is 2.15 bits per heavy atom. The van der Waals surface area contributed by atoms with Gasteiger partial charge in [0.05, 0.1) is 0 Å². The fraction of sp³-hybridized carbons (Fsp3) is 1.00. The second kappa shape index (κ2) is 3.81. The molecule has 0 aromatic carbocycles. The van der Waals surface area contributed by atoms with E-state index in [1.807, 2.05) is 0 Å². The van der Waals surface area contributed by atoms with Gasteiger partial charge in [0.2, 0.25) is 6.23 Å². The highest BCUT2D eigenvalue weighted by atomic mass is 19.4. The van der Waals surface area contributed by atoms with Crippen LogP contribution in [-0.4, -0.2) is 41.5 Å². The van der Waals surface area contributed by atoms with Gasteiger partial charge >= 0.3 is 6.18 Å². The van der Waals surface area contributed by atoms with Gasteiger partial charge < -0.3 is 10.8 Å². The molecule has 1 heterocycles. The monoisotopic (exact) mass is 198 g/mol. The Hall–Kier alpha value is -0.330. The van der Waals surface area contributed by atoms with Crippen molar-refractivity contribution in [1.82, 2.24) is 4.90 Å². The fourth-order valence-electron chi connectivity index (χ4n) is 1.37. The molecular formula is C7H13F3N2O. The van der Waals surface area contributed by atoms with E-state index in [9.17, 15) is 13.2 Å². The predicted molar refractivity (Wildman–Crippen MR) is 40.8 cm³/mol. The van der Waals surface area contributed by atoms with E-state index >= 15 is 0 Å². The van der Waals surface area contributed by atoms with Gasteiger partial charge in [-0.25, -0.2) is 0 Å². The number of alkyl halides is 3. The molecule has 1 rings (SSSR count). The summed E-state index contributed by atoms with van der Waals surface area (Å²) in [7, 11) is 0. The molecule has 0 aromatic heterocycles. The number of aliphatic hydroxyl groups is 1. The Kier molecular flexibility index (Phi) is 3.15. The molecule has 3 nitrogen and oxygen atoms in total. The Balaban J connectivity index is 2.45. The molecular weight excluding hydrogens is 185 g/mol. The molecule has 1 unspecified atom stereocenters. The average Bonchev–Trinajstić information content (AvgIpc) is 2.03. The van der Waals surface area contributed by atoms with Crippen LogP contribution in [0.3, 0.4) is 0 Å². The molecule has 0 saturated carbocycles. The Morgan fingerprint density at radius 2 is 1.77 bits per heavy atom. The van der Waals surface area contributed by atoms with Crippen molar-refractivity contribution in [3.05, 3.63) is 0 Å². The minimum atomic E-state index is -4.55. The van der Waals surface area contributed by atoms with Crippen molar-refractivity contribution in [3.8, 4) is 0 Å². The van der Waals surface area contributed by atoms with Crippen LogP contribution in [0.5, 0.6) is 0 Å². The molecule has 13 heavy (non-hydrogen) atoms. The summed E-state index contributed by atoms with van der Waals surface area (Å²) < 4.78 is 36.0. The van der Waals surface area contributed by atoms with Crippen molar-refractivity contribution in [2.24, 2.45) is 5.73 Å². The van der Waals surface area contributed by atoms with Crippen LogP contribution in [0.1, 0.15) is 12.8 Å². The third kappa shape index (κ3) is 2.82. The number of rotatable bonds is 1. The summed E-state index contributed by atoms with van der Waals surface area (Å²) in [6.07, 6.45) is -5.87. The first-order valence-electron chi connectivity index (χ1n) is 4.15. The molecule has 0 radical (unpaired) electrons. The van der Waals surface area contributed by atoms with Crippen LogP contribution in [0, 0.1) is 0 Å². The van der Waals surface area contributed by atoms with Crippen molar-refractivity contribution >= 4 is 0 Å². The summed E-state index contributed by atoms with van der Waals surface area (Å²) in [5, 5.41) is 8.86. The van der Waals surface area contributed by atoms with E-state index in [2.05, 4.69) is 0 Å². The maximum Gasteiger partial charge on any atom is 0.428 e. The van der Waals surface area contributed by atoms with E-state index < -0.39 is 12.4 Å². The molecule has 1 aliphatic heterocycles. The molecule has 1 aliphatic rings. The average molecular weight is 198 g/mol. The zero-order valence-electron chi connectivity index (χ0n) is 7.09. The third-order valence-corrected chi connectivity index (χ3v) is 2.21. The summed E-state index contributed by atoms with van der Waals surface area (Å²) >= 11 is 0. The second-order valence-electron chi connectivity index (χ2n) is 3.29. The van der Waals surface area contributed by atoms with Crippen LogP contribution in [-0.2, 0) is 0 Å². The van der Waals surface area contributed by atoms with E-state index in [1.165, 1.54) is 0 Å². The van der Waals surface area contributed by atoms with Crippen LogP contribution in [0.25, 0.3) is 0 Å². The molecule has 0 spiro atoms. The van der Waals surface area contributed by atoms with Crippen LogP contribution in [0.4, 0.5) is 13.2 Å². The first-order valence-corrected chi connectivity index (χ1v) is 4.15. The molecule has 0 amide bonds. The molecule has 1 saturated heterocycles.